The highest BCUT2D eigenvalue weighted by molar-refractivity contribution is 7.90. The van der Waals surface area contributed by atoms with E-state index >= 15 is 0 Å². The summed E-state index contributed by atoms with van der Waals surface area (Å²) >= 11 is 0. The van der Waals surface area contributed by atoms with Crippen LogP contribution in [0.2, 0.25) is 0 Å². The summed E-state index contributed by atoms with van der Waals surface area (Å²) in [5.41, 5.74) is 0.865. The van der Waals surface area contributed by atoms with Crippen LogP contribution in [0.5, 0.6) is 0 Å². The lowest BCUT2D eigenvalue weighted by Crippen LogP contribution is -2.49. The second-order valence-corrected chi connectivity index (χ2v) is 8.41. The molecule has 132 valence electrons. The topological polar surface area (TPSA) is 91.8 Å². The number of carboxylic acid groups (broad SMARTS) is 1. The van der Waals surface area contributed by atoms with E-state index in [0.29, 0.717) is 24.9 Å². The van der Waals surface area contributed by atoms with Crippen LogP contribution in [-0.4, -0.2) is 49.1 Å². The summed E-state index contributed by atoms with van der Waals surface area (Å²) in [5, 5.41) is 9.40. The monoisotopic (exact) mass is 353 g/mol. The molecule has 1 aliphatic heterocycles. The maximum atomic E-state index is 12.8. The Balaban J connectivity index is 2.40. The summed E-state index contributed by atoms with van der Waals surface area (Å²) in [6.07, 6.45) is 2.79. The first-order chi connectivity index (χ1) is 11.1. The molecule has 0 aromatic heterocycles. The van der Waals surface area contributed by atoms with Gasteiger partial charge in [0.15, 0.2) is 9.84 Å². The van der Waals surface area contributed by atoms with Crippen molar-refractivity contribution in [3.63, 3.8) is 0 Å². The Morgan fingerprint density at radius 3 is 2.54 bits per heavy atom. The lowest BCUT2D eigenvalue weighted by Gasteiger charge is -2.36. The Labute approximate surface area is 142 Å². The standard InChI is InChI=1S/C17H23NO5S/c1-4-12-5-6-13(10-15(12)24(3,22)23)16(19)18-8-7-11(2)9-14(18)17(20)21/h5-6,10-11,14H,4,7-9H2,1-3H3,(H,20,21). The van der Waals surface area contributed by atoms with E-state index in [2.05, 4.69) is 0 Å². The fourth-order valence-electron chi connectivity index (χ4n) is 3.11. The molecular weight excluding hydrogens is 330 g/mol. The first-order valence-electron chi connectivity index (χ1n) is 8.02. The molecule has 1 fully saturated rings. The van der Waals surface area contributed by atoms with Crippen LogP contribution in [0.25, 0.3) is 0 Å². The second kappa shape index (κ2) is 6.93. The molecule has 7 heteroatoms. The molecular formula is C17H23NO5S. The molecule has 0 aliphatic carbocycles. The number of sulfone groups is 1. The fraction of sp³-hybridized carbons (Fsp3) is 0.529. The highest BCUT2D eigenvalue weighted by Gasteiger charge is 2.35. The fourth-order valence-corrected chi connectivity index (χ4v) is 4.14. The number of carboxylic acids is 1. The van der Waals surface area contributed by atoms with Gasteiger partial charge in [-0.1, -0.05) is 19.9 Å². The Bertz CT molecular complexity index is 756. The van der Waals surface area contributed by atoms with Crippen LogP contribution in [-0.2, 0) is 21.1 Å². The number of likely N-dealkylation sites (tertiary alicyclic amines) is 1. The number of aryl methyl sites for hydroxylation is 1. The zero-order chi connectivity index (χ0) is 18.1. The van der Waals surface area contributed by atoms with Crippen LogP contribution in [0.3, 0.4) is 0 Å². The maximum Gasteiger partial charge on any atom is 0.326 e. The molecule has 0 radical (unpaired) electrons. The summed E-state index contributed by atoms with van der Waals surface area (Å²) in [4.78, 5) is 25.7. The molecule has 6 nitrogen and oxygen atoms in total. The van der Waals surface area contributed by atoms with E-state index in [-0.39, 0.29) is 16.4 Å². The Morgan fingerprint density at radius 1 is 1.33 bits per heavy atom. The van der Waals surface area contributed by atoms with Gasteiger partial charge in [0.25, 0.3) is 5.91 Å². The van der Waals surface area contributed by atoms with E-state index in [1.807, 2.05) is 13.8 Å². The van der Waals surface area contributed by atoms with Gasteiger partial charge in [-0.15, -0.1) is 0 Å². The van der Waals surface area contributed by atoms with Gasteiger partial charge in [-0.05, 0) is 42.9 Å². The zero-order valence-electron chi connectivity index (χ0n) is 14.2. The van der Waals surface area contributed by atoms with E-state index in [9.17, 15) is 23.1 Å². The lowest BCUT2D eigenvalue weighted by molar-refractivity contribution is -0.144. The molecule has 0 saturated carbocycles. The molecule has 2 rings (SSSR count). The third kappa shape index (κ3) is 3.77. The number of nitrogens with zero attached hydrogens (tertiary/aromatic N) is 1. The highest BCUT2D eigenvalue weighted by atomic mass is 32.2. The molecule has 1 N–H and O–H groups in total. The number of hydrogen-bond donors (Lipinski definition) is 1. The van der Waals surface area contributed by atoms with Crippen LogP contribution in [0.4, 0.5) is 0 Å². The minimum atomic E-state index is -3.46. The number of carbonyl (C=O) groups excluding carboxylic acids is 1. The summed E-state index contributed by atoms with van der Waals surface area (Å²) in [5.74, 6) is -1.21. The number of piperidine rings is 1. The van der Waals surface area contributed by atoms with Crippen LogP contribution in [0.15, 0.2) is 23.1 Å². The van der Waals surface area contributed by atoms with Crippen molar-refractivity contribution in [2.75, 3.05) is 12.8 Å². The van der Waals surface area contributed by atoms with Gasteiger partial charge >= 0.3 is 5.97 Å². The highest BCUT2D eigenvalue weighted by Crippen LogP contribution is 2.26. The summed E-state index contributed by atoms with van der Waals surface area (Å²) in [7, 11) is -3.46. The quantitative estimate of drug-likeness (QED) is 0.893. The van der Waals surface area contributed by atoms with Gasteiger partial charge in [0.05, 0.1) is 4.90 Å². The summed E-state index contributed by atoms with van der Waals surface area (Å²) < 4.78 is 23.9. The van der Waals surface area contributed by atoms with E-state index in [1.165, 1.54) is 11.0 Å². The number of amides is 1. The molecule has 1 aliphatic rings. The van der Waals surface area contributed by atoms with Crippen molar-refractivity contribution in [3.8, 4) is 0 Å². The van der Waals surface area contributed by atoms with Crippen LogP contribution < -0.4 is 0 Å². The number of aliphatic carboxylic acids is 1. The van der Waals surface area contributed by atoms with E-state index in [4.69, 9.17) is 0 Å². The zero-order valence-corrected chi connectivity index (χ0v) is 15.0. The average Bonchev–Trinajstić information content (AvgIpc) is 2.52. The molecule has 1 saturated heterocycles. The second-order valence-electron chi connectivity index (χ2n) is 6.43. The van der Waals surface area contributed by atoms with Crippen molar-refractivity contribution < 1.29 is 23.1 Å². The number of carbonyl (C=O) groups is 2. The largest absolute Gasteiger partial charge is 0.480 e. The number of hydrogen-bond acceptors (Lipinski definition) is 4. The molecule has 1 aromatic carbocycles. The van der Waals surface area contributed by atoms with E-state index in [1.54, 1.807) is 12.1 Å². The van der Waals surface area contributed by atoms with Gasteiger partial charge in [-0.2, -0.15) is 0 Å². The smallest absolute Gasteiger partial charge is 0.326 e. The van der Waals surface area contributed by atoms with Gasteiger partial charge < -0.3 is 10.0 Å². The van der Waals surface area contributed by atoms with Crippen LogP contribution in [0.1, 0.15) is 42.6 Å². The van der Waals surface area contributed by atoms with Crippen molar-refractivity contribution >= 4 is 21.7 Å². The lowest BCUT2D eigenvalue weighted by atomic mass is 9.92. The minimum Gasteiger partial charge on any atom is -0.480 e. The molecule has 24 heavy (non-hydrogen) atoms. The molecule has 0 bridgehead atoms. The van der Waals surface area contributed by atoms with Crippen molar-refractivity contribution in [3.05, 3.63) is 29.3 Å². The molecule has 0 spiro atoms. The Hall–Kier alpha value is -1.89. The van der Waals surface area contributed by atoms with E-state index in [0.717, 1.165) is 12.7 Å². The predicted octanol–water partition coefficient (Wildman–Crippen LogP) is 1.98. The van der Waals surface area contributed by atoms with Crippen molar-refractivity contribution in [1.29, 1.82) is 0 Å². The van der Waals surface area contributed by atoms with Crippen LogP contribution in [0, 0.1) is 5.92 Å². The molecule has 1 aromatic rings. The molecule has 2 atom stereocenters. The maximum absolute atomic E-state index is 12.8. The molecule has 1 amide bonds. The third-order valence-electron chi connectivity index (χ3n) is 4.51. The van der Waals surface area contributed by atoms with E-state index < -0.39 is 27.8 Å². The number of benzene rings is 1. The SMILES string of the molecule is CCc1ccc(C(=O)N2CCC(C)CC2C(=O)O)cc1S(C)(=O)=O. The first kappa shape index (κ1) is 18.4. The van der Waals surface area contributed by atoms with Gasteiger partial charge in [0.1, 0.15) is 6.04 Å². The number of rotatable bonds is 4. The average molecular weight is 353 g/mol. The minimum absolute atomic E-state index is 0.133. The van der Waals surface area contributed by atoms with Gasteiger partial charge in [0.2, 0.25) is 0 Å². The normalized spacial score (nSPS) is 21.5. The summed E-state index contributed by atoms with van der Waals surface area (Å²) in [6, 6.07) is 3.71. The van der Waals surface area contributed by atoms with Gasteiger partial charge in [0, 0.05) is 18.4 Å². The Morgan fingerprint density at radius 2 is 2.00 bits per heavy atom. The van der Waals surface area contributed by atoms with Crippen LogP contribution >= 0.6 is 0 Å². The van der Waals surface area contributed by atoms with Gasteiger partial charge in [-0.25, -0.2) is 13.2 Å². The Kier molecular flexibility index (Phi) is 5.32. The summed E-state index contributed by atoms with van der Waals surface area (Å²) in [6.45, 7) is 4.17. The predicted molar refractivity (Wildman–Crippen MR) is 89.8 cm³/mol. The first-order valence-corrected chi connectivity index (χ1v) is 9.91. The van der Waals surface area contributed by atoms with Gasteiger partial charge in [-0.3, -0.25) is 4.79 Å². The molecule has 1 heterocycles. The van der Waals surface area contributed by atoms with Crippen molar-refractivity contribution in [1.82, 2.24) is 4.90 Å². The van der Waals surface area contributed by atoms with Crippen molar-refractivity contribution in [2.45, 2.75) is 44.0 Å². The molecule has 2 unspecified atom stereocenters. The van der Waals surface area contributed by atoms with Crippen molar-refractivity contribution in [2.24, 2.45) is 5.92 Å². The third-order valence-corrected chi connectivity index (χ3v) is 5.68.